The smallest absolute Gasteiger partial charge is 0.410 e. The van der Waals surface area contributed by atoms with E-state index in [9.17, 15) is 9.59 Å². The van der Waals surface area contributed by atoms with E-state index >= 15 is 0 Å². The predicted molar refractivity (Wildman–Crippen MR) is 148 cm³/mol. The van der Waals surface area contributed by atoms with E-state index in [4.69, 9.17) is 15.6 Å². The zero-order valence-electron chi connectivity index (χ0n) is 22.2. The van der Waals surface area contributed by atoms with E-state index in [0.717, 1.165) is 24.1 Å². The van der Waals surface area contributed by atoms with Crippen LogP contribution in [0.15, 0.2) is 60.9 Å². The van der Waals surface area contributed by atoms with E-state index in [-0.39, 0.29) is 30.0 Å². The quantitative estimate of drug-likeness (QED) is 0.388. The maximum atomic E-state index is 13.0. The summed E-state index contributed by atoms with van der Waals surface area (Å²) in [5.74, 6) is 0.336. The summed E-state index contributed by atoms with van der Waals surface area (Å²) >= 11 is 0. The van der Waals surface area contributed by atoms with Gasteiger partial charge in [0.1, 0.15) is 23.4 Å². The van der Waals surface area contributed by atoms with Crippen LogP contribution in [0, 0.1) is 5.92 Å². The lowest BCUT2D eigenvalue weighted by molar-refractivity contribution is 0.0163. The van der Waals surface area contributed by atoms with Crippen LogP contribution in [0.2, 0.25) is 0 Å². The number of nitrogens with one attached hydrogen (secondary N) is 1. The Hall–Kier alpha value is -4.47. The van der Waals surface area contributed by atoms with Crippen LogP contribution < -0.4 is 11.1 Å². The molecular formula is C29H31N7O3. The summed E-state index contributed by atoms with van der Waals surface area (Å²) in [5.41, 5.74) is 9.07. The molecule has 1 saturated carbocycles. The maximum absolute atomic E-state index is 13.0. The number of carbonyl (C=O) groups excluding carboxylic acids is 2. The van der Waals surface area contributed by atoms with Crippen LogP contribution in [0.25, 0.3) is 22.3 Å². The first-order chi connectivity index (χ1) is 18.7. The van der Waals surface area contributed by atoms with Gasteiger partial charge in [-0.1, -0.05) is 30.3 Å². The predicted octanol–water partition coefficient (Wildman–Crippen LogP) is 4.90. The van der Waals surface area contributed by atoms with E-state index in [1.54, 1.807) is 6.07 Å². The van der Waals surface area contributed by atoms with Crippen molar-refractivity contribution in [1.82, 2.24) is 24.6 Å². The number of nitrogens with zero attached hydrogens (tertiary/aromatic N) is 5. The number of carbonyl (C=O) groups is 2. The molecule has 2 aromatic heterocycles. The number of likely N-dealkylation sites (tertiary alicyclic amines) is 1. The Balaban J connectivity index is 1.31. The summed E-state index contributed by atoms with van der Waals surface area (Å²) in [6.45, 7) is 6.24. The van der Waals surface area contributed by atoms with E-state index in [2.05, 4.69) is 15.3 Å². The van der Waals surface area contributed by atoms with Crippen molar-refractivity contribution in [3.63, 3.8) is 0 Å². The third-order valence-corrected chi connectivity index (χ3v) is 7.39. The molecule has 0 radical (unpaired) electrons. The molecule has 3 unspecified atom stereocenters. The zero-order valence-corrected chi connectivity index (χ0v) is 22.2. The third kappa shape index (κ3) is 4.67. The Labute approximate surface area is 226 Å². The lowest BCUT2D eigenvalue weighted by atomic mass is 10.0. The van der Waals surface area contributed by atoms with Crippen LogP contribution in [-0.2, 0) is 4.74 Å². The number of nitrogen functional groups attached to an aromatic ring is 1. The van der Waals surface area contributed by atoms with Crippen molar-refractivity contribution in [2.24, 2.45) is 5.92 Å². The number of para-hydroxylation sites is 1. The highest BCUT2D eigenvalue weighted by molar-refractivity contribution is 6.06. The van der Waals surface area contributed by atoms with Crippen molar-refractivity contribution in [3.05, 3.63) is 66.5 Å². The molecule has 2 fully saturated rings. The van der Waals surface area contributed by atoms with E-state index < -0.39 is 5.60 Å². The van der Waals surface area contributed by atoms with Gasteiger partial charge in [-0.05, 0) is 57.9 Å². The lowest BCUT2D eigenvalue weighted by Crippen LogP contribution is -2.43. The average Bonchev–Trinajstić information content (AvgIpc) is 3.62. The molecule has 2 bridgehead atoms. The second-order valence-electron chi connectivity index (χ2n) is 11.2. The number of nitrogens with two attached hydrogens (primary N) is 1. The minimum atomic E-state index is -0.535. The van der Waals surface area contributed by atoms with Gasteiger partial charge in [0.25, 0.3) is 5.91 Å². The van der Waals surface area contributed by atoms with Crippen molar-refractivity contribution in [2.75, 3.05) is 17.6 Å². The molecule has 200 valence electrons. The van der Waals surface area contributed by atoms with Gasteiger partial charge in [-0.15, -0.1) is 0 Å². The molecule has 10 nitrogen and oxygen atoms in total. The summed E-state index contributed by atoms with van der Waals surface area (Å²) in [6.07, 6.45) is 2.82. The molecule has 6 rings (SSSR count). The number of aromatic nitrogens is 4. The summed E-state index contributed by atoms with van der Waals surface area (Å²) in [6, 6.07) is 16.8. The van der Waals surface area contributed by atoms with Crippen LogP contribution in [0.5, 0.6) is 0 Å². The fraction of sp³-hybridized carbons (Fsp3) is 0.345. The highest BCUT2D eigenvalue weighted by atomic mass is 16.6. The van der Waals surface area contributed by atoms with Gasteiger partial charge in [-0.3, -0.25) is 4.79 Å². The van der Waals surface area contributed by atoms with Crippen LogP contribution >= 0.6 is 0 Å². The number of anilines is 2. The number of amides is 2. The van der Waals surface area contributed by atoms with Crippen LogP contribution in [-0.4, -0.2) is 54.8 Å². The summed E-state index contributed by atoms with van der Waals surface area (Å²) in [4.78, 5) is 36.4. The largest absolute Gasteiger partial charge is 0.444 e. The molecule has 1 aliphatic carbocycles. The molecule has 4 aromatic rings. The summed E-state index contributed by atoms with van der Waals surface area (Å²) < 4.78 is 7.57. The number of rotatable bonds is 4. The highest BCUT2D eigenvalue weighted by Crippen LogP contribution is 2.47. The van der Waals surface area contributed by atoms with Gasteiger partial charge in [0, 0.05) is 35.3 Å². The van der Waals surface area contributed by atoms with Gasteiger partial charge in [-0.25, -0.2) is 19.4 Å². The standard InChI is InChI=1S/C29H31N7O3/c1-29(2,3)39-28(38)35-15-19-13-21(35)14-22(19)36-26-23(25(30)31-16-32-26)24(34-36)17-8-7-9-18(12-17)27(37)33-20-10-5-4-6-11-20/h4-12,16,19,21-22H,13-15H2,1-3H3,(H,33,37)(H2,30,31,32). The van der Waals surface area contributed by atoms with Crippen molar-refractivity contribution >= 4 is 34.5 Å². The molecule has 1 aliphatic heterocycles. The van der Waals surface area contributed by atoms with E-state index in [1.807, 2.05) is 78.9 Å². The Kier molecular flexibility index (Phi) is 5.97. The molecular weight excluding hydrogens is 494 g/mol. The SMILES string of the molecule is CC(C)(C)OC(=O)N1CC2CC1CC2n1nc(-c2cccc(C(=O)Nc3ccccc3)c2)c2c(N)ncnc21. The van der Waals surface area contributed by atoms with Gasteiger partial charge < -0.3 is 20.7 Å². The van der Waals surface area contributed by atoms with E-state index in [0.29, 0.717) is 34.7 Å². The first-order valence-corrected chi connectivity index (χ1v) is 13.1. The fourth-order valence-corrected chi connectivity index (χ4v) is 5.73. The fourth-order valence-electron chi connectivity index (χ4n) is 5.73. The van der Waals surface area contributed by atoms with Gasteiger partial charge in [-0.2, -0.15) is 5.10 Å². The molecule has 0 spiro atoms. The van der Waals surface area contributed by atoms with Crippen LogP contribution in [0.3, 0.4) is 0 Å². The van der Waals surface area contributed by atoms with Gasteiger partial charge in [0.05, 0.1) is 11.4 Å². The number of benzene rings is 2. The Morgan fingerprint density at radius 2 is 1.85 bits per heavy atom. The van der Waals surface area contributed by atoms with Crippen LogP contribution in [0.4, 0.5) is 16.3 Å². The molecule has 2 amide bonds. The highest BCUT2D eigenvalue weighted by Gasteiger charge is 2.49. The summed E-state index contributed by atoms with van der Waals surface area (Å²) in [7, 11) is 0. The van der Waals surface area contributed by atoms with Gasteiger partial charge >= 0.3 is 6.09 Å². The van der Waals surface area contributed by atoms with Crippen molar-refractivity contribution in [3.8, 4) is 11.3 Å². The lowest BCUT2D eigenvalue weighted by Gasteiger charge is -2.33. The molecule has 10 heteroatoms. The van der Waals surface area contributed by atoms with Crippen molar-refractivity contribution in [1.29, 1.82) is 0 Å². The number of fused-ring (bicyclic) bond motifs is 3. The molecule has 3 atom stereocenters. The number of ether oxygens (including phenoxy) is 1. The molecule has 2 aliphatic rings. The Morgan fingerprint density at radius 3 is 2.56 bits per heavy atom. The molecule has 3 heterocycles. The number of hydrogen-bond acceptors (Lipinski definition) is 7. The zero-order chi connectivity index (χ0) is 27.3. The normalized spacial score (nSPS) is 20.4. The second kappa shape index (κ2) is 9.37. The number of piperidine rings is 1. The van der Waals surface area contributed by atoms with Crippen LogP contribution in [0.1, 0.15) is 50.0 Å². The van der Waals surface area contributed by atoms with Gasteiger partial charge in [0.2, 0.25) is 0 Å². The van der Waals surface area contributed by atoms with Crippen molar-refractivity contribution < 1.29 is 14.3 Å². The molecule has 2 aromatic carbocycles. The first-order valence-electron chi connectivity index (χ1n) is 13.1. The minimum absolute atomic E-state index is 0.0591. The molecule has 39 heavy (non-hydrogen) atoms. The third-order valence-electron chi connectivity index (χ3n) is 7.39. The topological polar surface area (TPSA) is 128 Å². The Morgan fingerprint density at radius 1 is 1.05 bits per heavy atom. The average molecular weight is 526 g/mol. The second-order valence-corrected chi connectivity index (χ2v) is 11.2. The minimum Gasteiger partial charge on any atom is -0.444 e. The summed E-state index contributed by atoms with van der Waals surface area (Å²) in [5, 5.41) is 8.58. The van der Waals surface area contributed by atoms with Crippen molar-refractivity contribution in [2.45, 2.75) is 51.3 Å². The monoisotopic (exact) mass is 525 g/mol. The first kappa shape index (κ1) is 24.8. The molecule has 3 N–H and O–H groups in total. The Bertz CT molecular complexity index is 1560. The maximum Gasteiger partial charge on any atom is 0.410 e. The number of hydrogen-bond donors (Lipinski definition) is 2. The van der Waals surface area contributed by atoms with Gasteiger partial charge in [0.15, 0.2) is 5.65 Å². The van der Waals surface area contributed by atoms with E-state index in [1.165, 1.54) is 6.33 Å². The molecule has 1 saturated heterocycles.